The molecule has 10 nitrogen and oxygen atoms in total. The van der Waals surface area contributed by atoms with Crippen LogP contribution in [0, 0.1) is 11.8 Å². The number of anilines is 1. The zero-order chi connectivity index (χ0) is 23.6. The van der Waals surface area contributed by atoms with Crippen molar-refractivity contribution >= 4 is 11.6 Å². The second-order valence-corrected chi connectivity index (χ2v) is 8.19. The van der Waals surface area contributed by atoms with Gasteiger partial charge in [-0.3, -0.25) is 4.79 Å². The molecule has 0 radical (unpaired) electrons. The Labute approximate surface area is 191 Å². The largest absolute Gasteiger partial charge is 0.473 e. The van der Waals surface area contributed by atoms with Crippen LogP contribution < -0.4 is 16.2 Å². The van der Waals surface area contributed by atoms with Crippen LogP contribution in [0.3, 0.4) is 0 Å². The van der Waals surface area contributed by atoms with Crippen molar-refractivity contribution in [3.63, 3.8) is 0 Å². The monoisotopic (exact) mass is 453 g/mol. The summed E-state index contributed by atoms with van der Waals surface area (Å²) in [6.07, 6.45) is 0.112. The molecule has 1 aromatic carbocycles. The average molecular weight is 453 g/mol. The number of hydrogen-bond donors (Lipinski definition) is 4. The summed E-state index contributed by atoms with van der Waals surface area (Å²) in [6.45, 7) is 1.61. The van der Waals surface area contributed by atoms with Crippen molar-refractivity contribution in [1.29, 1.82) is 0 Å². The molecule has 2 aromatic rings. The molecule has 2 fully saturated rings. The zero-order valence-electron chi connectivity index (χ0n) is 18.3. The van der Waals surface area contributed by atoms with Crippen LogP contribution in [-0.2, 0) is 9.53 Å². The third-order valence-electron chi connectivity index (χ3n) is 5.71. The Morgan fingerprint density at radius 2 is 2.09 bits per heavy atom. The minimum Gasteiger partial charge on any atom is -0.473 e. The highest BCUT2D eigenvalue weighted by molar-refractivity contribution is 5.90. The number of ether oxygens (including phenoxy) is 2. The number of carbonyl (C=O) groups excluding carboxylic acids is 1. The van der Waals surface area contributed by atoms with Crippen LogP contribution in [0.4, 0.5) is 5.69 Å². The van der Waals surface area contributed by atoms with Crippen LogP contribution in [0.5, 0.6) is 5.88 Å². The lowest BCUT2D eigenvalue weighted by molar-refractivity contribution is -0.137. The Kier molecular flexibility index (Phi) is 6.49. The van der Waals surface area contributed by atoms with Crippen molar-refractivity contribution in [1.82, 2.24) is 14.9 Å². The van der Waals surface area contributed by atoms with E-state index in [4.69, 9.17) is 20.9 Å². The molecule has 3 heterocycles. The first-order chi connectivity index (χ1) is 15.8. The fourth-order valence-electron chi connectivity index (χ4n) is 3.74. The molecule has 2 atom stereocenters. The summed E-state index contributed by atoms with van der Waals surface area (Å²) >= 11 is 0. The van der Waals surface area contributed by atoms with Gasteiger partial charge in [0.25, 0.3) is 5.91 Å². The number of aliphatic hydroxyl groups excluding tert-OH is 1. The van der Waals surface area contributed by atoms with E-state index in [-0.39, 0.29) is 35.6 Å². The quantitative estimate of drug-likeness (QED) is 0.374. The first-order valence-corrected chi connectivity index (χ1v) is 10.7. The van der Waals surface area contributed by atoms with Crippen LogP contribution in [0.15, 0.2) is 24.3 Å². The normalized spacial score (nSPS) is 22.1. The van der Waals surface area contributed by atoms with Crippen molar-refractivity contribution < 1.29 is 24.5 Å². The Bertz CT molecular complexity index is 1110. The van der Waals surface area contributed by atoms with Gasteiger partial charge in [0.05, 0.1) is 13.2 Å². The highest BCUT2D eigenvalue weighted by Crippen LogP contribution is 2.31. The average Bonchev–Trinajstić information content (AvgIpc) is 3.07. The summed E-state index contributed by atoms with van der Waals surface area (Å²) < 4.78 is 11.4. The van der Waals surface area contributed by atoms with Gasteiger partial charge < -0.3 is 36.1 Å². The molecule has 0 spiro atoms. The van der Waals surface area contributed by atoms with Crippen LogP contribution >= 0.6 is 0 Å². The first kappa shape index (κ1) is 22.9. The fraction of sp³-hybridized carbons (Fsp3) is 0.435. The molecule has 0 aliphatic carbocycles. The molecule has 2 unspecified atom stereocenters. The summed E-state index contributed by atoms with van der Waals surface area (Å²) in [5.41, 5.74) is 11.4. The highest BCUT2D eigenvalue weighted by atomic mass is 16.5. The van der Waals surface area contributed by atoms with Crippen LogP contribution in [-0.4, -0.2) is 69.5 Å². The Balaban J connectivity index is 1.66. The van der Waals surface area contributed by atoms with E-state index in [1.807, 2.05) is 0 Å². The molecule has 2 aliphatic rings. The number of aromatic nitrogens is 2. The Morgan fingerprint density at radius 1 is 1.33 bits per heavy atom. The van der Waals surface area contributed by atoms with Crippen molar-refractivity contribution in [3.8, 4) is 29.1 Å². The van der Waals surface area contributed by atoms with Crippen molar-refractivity contribution in [3.05, 3.63) is 35.5 Å². The number of nitrogens with zero attached hydrogens (tertiary/aromatic N) is 3. The molecule has 4 rings (SSSR count). The summed E-state index contributed by atoms with van der Waals surface area (Å²) in [5, 5.41) is 20.5. The second-order valence-electron chi connectivity index (χ2n) is 8.19. The number of benzene rings is 1. The standard InChI is InChI=1S/C23H27N5O5/c1-28-10-9-23(31,22(28)30)8-5-14-3-2-4-15(13-14)20-26-18(19(25)29)17(24)21(27-20)33-16-6-11-32-12-7-16/h2-4,13,16,19,29,31H,6-7,9-12,24-25H2,1H3. The third-order valence-corrected chi connectivity index (χ3v) is 5.71. The lowest BCUT2D eigenvalue weighted by atomic mass is 10.0. The van der Waals surface area contributed by atoms with Gasteiger partial charge in [-0.05, 0) is 12.1 Å². The summed E-state index contributed by atoms with van der Waals surface area (Å²) in [6, 6.07) is 6.99. The van der Waals surface area contributed by atoms with E-state index in [2.05, 4.69) is 21.8 Å². The molecule has 0 saturated carbocycles. The maximum Gasteiger partial charge on any atom is 0.267 e. The summed E-state index contributed by atoms with van der Waals surface area (Å²) in [7, 11) is 1.63. The molecule has 2 saturated heterocycles. The number of amides is 1. The van der Waals surface area contributed by atoms with E-state index in [0.29, 0.717) is 43.7 Å². The SMILES string of the molecule is CN1CCC(O)(C#Cc2cccc(-c3nc(OC4CCOCC4)c(N)c(C(N)O)n3)c2)C1=O. The molecule has 1 amide bonds. The van der Waals surface area contributed by atoms with Gasteiger partial charge in [0.1, 0.15) is 23.7 Å². The van der Waals surface area contributed by atoms with Gasteiger partial charge in [0, 0.05) is 44.0 Å². The van der Waals surface area contributed by atoms with Gasteiger partial charge in [-0.15, -0.1) is 0 Å². The second kappa shape index (κ2) is 9.33. The van der Waals surface area contributed by atoms with Gasteiger partial charge in [-0.25, -0.2) is 4.98 Å². The highest BCUT2D eigenvalue weighted by Gasteiger charge is 2.42. The predicted molar refractivity (Wildman–Crippen MR) is 120 cm³/mol. The number of hydrogen-bond acceptors (Lipinski definition) is 9. The maximum absolute atomic E-state index is 12.2. The van der Waals surface area contributed by atoms with E-state index in [9.17, 15) is 15.0 Å². The van der Waals surface area contributed by atoms with Crippen molar-refractivity contribution in [2.45, 2.75) is 37.2 Å². The van der Waals surface area contributed by atoms with E-state index < -0.39 is 17.7 Å². The van der Waals surface area contributed by atoms with Crippen molar-refractivity contribution in [2.24, 2.45) is 5.73 Å². The van der Waals surface area contributed by atoms with E-state index in [0.717, 1.165) is 0 Å². The third kappa shape index (κ3) is 4.91. The molecule has 10 heteroatoms. The molecular weight excluding hydrogens is 426 g/mol. The number of nitrogen functional groups attached to an aromatic ring is 1. The number of likely N-dealkylation sites (tertiary alicyclic amines) is 1. The lowest BCUT2D eigenvalue weighted by Gasteiger charge is -2.24. The van der Waals surface area contributed by atoms with Crippen LogP contribution in [0.25, 0.3) is 11.4 Å². The smallest absolute Gasteiger partial charge is 0.267 e. The van der Waals surface area contributed by atoms with Crippen molar-refractivity contribution in [2.75, 3.05) is 32.5 Å². The molecule has 1 aromatic heterocycles. The van der Waals surface area contributed by atoms with E-state index in [1.54, 1.807) is 31.3 Å². The molecule has 2 aliphatic heterocycles. The number of nitrogens with two attached hydrogens (primary N) is 2. The summed E-state index contributed by atoms with van der Waals surface area (Å²) in [4.78, 5) is 22.4. The predicted octanol–water partition coefficient (Wildman–Crippen LogP) is 0.178. The van der Waals surface area contributed by atoms with E-state index >= 15 is 0 Å². The zero-order valence-corrected chi connectivity index (χ0v) is 18.3. The minimum absolute atomic E-state index is 0.0625. The Hall–Kier alpha value is -3.23. The molecule has 33 heavy (non-hydrogen) atoms. The first-order valence-electron chi connectivity index (χ1n) is 10.7. The van der Waals surface area contributed by atoms with Crippen LogP contribution in [0.2, 0.25) is 0 Å². The number of carbonyl (C=O) groups is 1. The Morgan fingerprint density at radius 3 is 2.76 bits per heavy atom. The minimum atomic E-state index is -1.69. The van der Waals surface area contributed by atoms with Gasteiger partial charge >= 0.3 is 0 Å². The van der Waals surface area contributed by atoms with Gasteiger partial charge in [-0.2, -0.15) is 4.98 Å². The van der Waals surface area contributed by atoms with Gasteiger partial charge in [-0.1, -0.05) is 24.0 Å². The number of aliphatic hydroxyl groups is 2. The maximum atomic E-state index is 12.2. The summed E-state index contributed by atoms with van der Waals surface area (Å²) in [5.74, 6) is 5.56. The van der Waals surface area contributed by atoms with E-state index in [1.165, 1.54) is 4.90 Å². The number of rotatable bonds is 4. The molecule has 174 valence electrons. The lowest BCUT2D eigenvalue weighted by Crippen LogP contribution is -2.37. The fourth-order valence-corrected chi connectivity index (χ4v) is 3.74. The molecule has 6 N–H and O–H groups in total. The molecular formula is C23H27N5O5. The van der Waals surface area contributed by atoms with Gasteiger partial charge in [0.2, 0.25) is 11.5 Å². The molecule has 0 bridgehead atoms. The van der Waals surface area contributed by atoms with Gasteiger partial charge in [0.15, 0.2) is 5.82 Å². The number of likely N-dealkylation sites (N-methyl/N-ethyl adjacent to an activating group) is 1. The van der Waals surface area contributed by atoms with Crippen LogP contribution in [0.1, 0.15) is 36.7 Å². The topological polar surface area (TPSA) is 157 Å².